The van der Waals surface area contributed by atoms with Crippen molar-refractivity contribution in [1.82, 2.24) is 38.9 Å². The summed E-state index contributed by atoms with van der Waals surface area (Å²) in [5.41, 5.74) is 4.72. The number of nitrogens with zero attached hydrogens (tertiary/aromatic N) is 8. The molecular weight excluding hydrogens is 469 g/mol. The summed E-state index contributed by atoms with van der Waals surface area (Å²) in [6, 6.07) is 7.50. The summed E-state index contributed by atoms with van der Waals surface area (Å²) in [6.45, 7) is 6.10. The monoisotopic (exact) mass is 494 g/mol. The van der Waals surface area contributed by atoms with E-state index >= 15 is 0 Å². The zero-order valence-electron chi connectivity index (χ0n) is 20.5. The number of imidazole rings is 2. The highest BCUT2D eigenvalue weighted by atomic mass is 19.4. The fourth-order valence-electron chi connectivity index (χ4n) is 4.30. The Labute approximate surface area is 205 Å². The number of rotatable bonds is 5. The van der Waals surface area contributed by atoms with Gasteiger partial charge in [0.2, 0.25) is 0 Å². The first kappa shape index (κ1) is 23.7. The van der Waals surface area contributed by atoms with E-state index in [4.69, 9.17) is 4.98 Å². The predicted octanol–water partition coefficient (Wildman–Crippen LogP) is 5.13. The number of halogens is 3. The van der Waals surface area contributed by atoms with E-state index in [9.17, 15) is 13.2 Å². The molecule has 5 aromatic rings. The first-order chi connectivity index (χ1) is 17.0. The lowest BCUT2D eigenvalue weighted by Gasteiger charge is -2.11. The minimum absolute atomic E-state index is 0.207. The Bertz CT molecular complexity index is 1550. The van der Waals surface area contributed by atoms with Crippen LogP contribution in [0.5, 0.6) is 0 Å². The molecule has 36 heavy (non-hydrogen) atoms. The molecule has 11 heteroatoms. The summed E-state index contributed by atoms with van der Waals surface area (Å²) in [4.78, 5) is 17.7. The average molecular weight is 495 g/mol. The summed E-state index contributed by atoms with van der Waals surface area (Å²) < 4.78 is 44.3. The van der Waals surface area contributed by atoms with Gasteiger partial charge in [-0.05, 0) is 26.3 Å². The van der Waals surface area contributed by atoms with Crippen molar-refractivity contribution in [2.45, 2.75) is 39.4 Å². The third kappa shape index (κ3) is 4.14. The smallest absolute Gasteiger partial charge is 0.333 e. The second kappa shape index (κ2) is 8.58. The normalized spacial score (nSPS) is 12.2. The standard InChI is InChI=1S/C25H25F3N8/c1-14(2)36-13-30-15(3)22(36)23-29-11-19-21(32-23)18(33-35(19)5)10-16-6-8-17(9-7-16)24-31-20(12-34(24)4)25(26,27)28/h6-9,11-14H,10H2,1-5H3. The molecule has 0 radical (unpaired) electrons. The Morgan fingerprint density at radius 2 is 1.72 bits per heavy atom. The summed E-state index contributed by atoms with van der Waals surface area (Å²) in [7, 11) is 3.40. The molecule has 0 N–H and O–H groups in total. The average Bonchev–Trinajstić information content (AvgIpc) is 3.49. The van der Waals surface area contributed by atoms with Crippen LogP contribution in [0.1, 0.15) is 42.5 Å². The predicted molar refractivity (Wildman–Crippen MR) is 129 cm³/mol. The van der Waals surface area contributed by atoms with Crippen molar-refractivity contribution in [2.75, 3.05) is 0 Å². The van der Waals surface area contributed by atoms with Crippen LogP contribution in [0.25, 0.3) is 33.9 Å². The van der Waals surface area contributed by atoms with E-state index in [-0.39, 0.29) is 11.9 Å². The maximum absolute atomic E-state index is 13.0. The van der Waals surface area contributed by atoms with E-state index in [1.54, 1.807) is 36.4 Å². The van der Waals surface area contributed by atoms with E-state index in [1.165, 1.54) is 4.57 Å². The maximum atomic E-state index is 13.0. The van der Waals surface area contributed by atoms with Crippen molar-refractivity contribution < 1.29 is 13.2 Å². The number of aromatic nitrogens is 8. The van der Waals surface area contributed by atoms with Gasteiger partial charge in [0.15, 0.2) is 11.5 Å². The molecule has 0 saturated carbocycles. The minimum Gasteiger partial charge on any atom is -0.333 e. The van der Waals surface area contributed by atoms with Crippen molar-refractivity contribution in [2.24, 2.45) is 14.1 Å². The van der Waals surface area contributed by atoms with Gasteiger partial charge >= 0.3 is 6.18 Å². The third-order valence-corrected chi connectivity index (χ3v) is 6.16. The number of alkyl halides is 3. The molecule has 4 aromatic heterocycles. The largest absolute Gasteiger partial charge is 0.434 e. The fraction of sp³-hybridized carbons (Fsp3) is 0.320. The van der Waals surface area contributed by atoms with Crippen LogP contribution in [-0.4, -0.2) is 38.9 Å². The Hall–Kier alpha value is -4.02. The summed E-state index contributed by atoms with van der Waals surface area (Å²) in [5.74, 6) is 0.845. The van der Waals surface area contributed by atoms with Gasteiger partial charge in [-0.3, -0.25) is 4.68 Å². The van der Waals surface area contributed by atoms with Gasteiger partial charge in [0.25, 0.3) is 0 Å². The third-order valence-electron chi connectivity index (χ3n) is 6.16. The van der Waals surface area contributed by atoms with E-state index in [0.717, 1.165) is 39.9 Å². The Morgan fingerprint density at radius 3 is 2.36 bits per heavy atom. The SMILES string of the molecule is Cc1ncn(C(C)C)c1-c1ncc2c(n1)c(Cc1ccc(-c3nc(C(F)(F)F)cn3C)cc1)nn2C. The van der Waals surface area contributed by atoms with Gasteiger partial charge in [-0.15, -0.1) is 0 Å². The molecule has 0 amide bonds. The number of hydrogen-bond acceptors (Lipinski definition) is 5. The first-order valence-corrected chi connectivity index (χ1v) is 11.4. The summed E-state index contributed by atoms with van der Waals surface area (Å²) in [5, 5.41) is 4.66. The quantitative estimate of drug-likeness (QED) is 0.339. The number of aryl methyl sites for hydroxylation is 3. The molecule has 0 unspecified atom stereocenters. The van der Waals surface area contributed by atoms with Gasteiger partial charge < -0.3 is 9.13 Å². The van der Waals surface area contributed by atoms with Crippen LogP contribution in [0, 0.1) is 6.92 Å². The van der Waals surface area contributed by atoms with E-state index in [1.807, 2.05) is 30.7 Å². The first-order valence-electron chi connectivity index (χ1n) is 11.4. The van der Waals surface area contributed by atoms with Crippen molar-refractivity contribution in [3.05, 3.63) is 65.6 Å². The topological polar surface area (TPSA) is 79.2 Å². The molecule has 0 aliphatic rings. The van der Waals surface area contributed by atoms with E-state index in [2.05, 4.69) is 33.9 Å². The number of hydrogen-bond donors (Lipinski definition) is 0. The highest BCUT2D eigenvalue weighted by Crippen LogP contribution is 2.31. The van der Waals surface area contributed by atoms with Crippen LogP contribution in [0.15, 0.2) is 43.0 Å². The second-order valence-electron chi connectivity index (χ2n) is 9.11. The minimum atomic E-state index is -4.48. The van der Waals surface area contributed by atoms with E-state index in [0.29, 0.717) is 17.8 Å². The molecular formula is C25H25F3N8. The van der Waals surface area contributed by atoms with Crippen molar-refractivity contribution in [1.29, 1.82) is 0 Å². The van der Waals surface area contributed by atoms with Crippen LogP contribution in [0.3, 0.4) is 0 Å². The van der Waals surface area contributed by atoms with Crippen LogP contribution in [0.2, 0.25) is 0 Å². The number of fused-ring (bicyclic) bond motifs is 1. The second-order valence-corrected chi connectivity index (χ2v) is 9.11. The van der Waals surface area contributed by atoms with Crippen molar-refractivity contribution in [3.8, 4) is 22.9 Å². The molecule has 0 fully saturated rings. The van der Waals surface area contributed by atoms with Crippen LogP contribution >= 0.6 is 0 Å². The van der Waals surface area contributed by atoms with Gasteiger partial charge in [-0.25, -0.2) is 19.9 Å². The molecule has 0 bridgehead atoms. The number of benzene rings is 1. The highest BCUT2D eigenvalue weighted by molar-refractivity contribution is 5.79. The Morgan fingerprint density at radius 1 is 1.00 bits per heavy atom. The van der Waals surface area contributed by atoms with Gasteiger partial charge in [-0.1, -0.05) is 24.3 Å². The molecule has 4 heterocycles. The van der Waals surface area contributed by atoms with Gasteiger partial charge in [0.1, 0.15) is 22.6 Å². The van der Waals surface area contributed by atoms with Gasteiger partial charge in [0.05, 0.1) is 23.9 Å². The van der Waals surface area contributed by atoms with E-state index < -0.39 is 11.9 Å². The zero-order valence-corrected chi connectivity index (χ0v) is 20.5. The van der Waals surface area contributed by atoms with Crippen LogP contribution in [-0.2, 0) is 26.7 Å². The Kier molecular flexibility index (Phi) is 5.65. The van der Waals surface area contributed by atoms with Crippen LogP contribution < -0.4 is 0 Å². The Balaban J connectivity index is 1.48. The maximum Gasteiger partial charge on any atom is 0.434 e. The van der Waals surface area contributed by atoms with Gasteiger partial charge in [-0.2, -0.15) is 18.3 Å². The molecule has 0 atom stereocenters. The molecule has 1 aromatic carbocycles. The highest BCUT2D eigenvalue weighted by Gasteiger charge is 2.34. The van der Waals surface area contributed by atoms with Gasteiger partial charge in [0, 0.05) is 38.3 Å². The summed E-state index contributed by atoms with van der Waals surface area (Å²) in [6.07, 6.45) is 0.585. The fourth-order valence-corrected chi connectivity index (χ4v) is 4.30. The molecule has 0 spiro atoms. The molecule has 0 saturated heterocycles. The lowest BCUT2D eigenvalue weighted by molar-refractivity contribution is -0.140. The van der Waals surface area contributed by atoms with Crippen LogP contribution in [0.4, 0.5) is 13.2 Å². The lowest BCUT2D eigenvalue weighted by atomic mass is 10.1. The van der Waals surface area contributed by atoms with Crippen molar-refractivity contribution >= 4 is 11.0 Å². The molecule has 5 rings (SSSR count). The molecule has 0 aliphatic heterocycles. The molecule has 8 nitrogen and oxygen atoms in total. The zero-order chi connectivity index (χ0) is 25.8. The molecule has 0 aliphatic carbocycles. The summed E-state index contributed by atoms with van der Waals surface area (Å²) >= 11 is 0. The lowest BCUT2D eigenvalue weighted by Crippen LogP contribution is -2.04. The van der Waals surface area contributed by atoms with Crippen molar-refractivity contribution in [3.63, 3.8) is 0 Å². The molecule has 186 valence electrons.